The van der Waals surface area contributed by atoms with Crippen molar-refractivity contribution in [3.05, 3.63) is 29.6 Å². The molecule has 0 aliphatic heterocycles. The molecular weight excluding hydrogens is 209 g/mol. The molecule has 0 aliphatic carbocycles. The maximum atomic E-state index is 13.0. The Morgan fingerprint density at radius 1 is 1.31 bits per heavy atom. The average Bonchev–Trinajstić information content (AvgIpc) is 2.16. The summed E-state index contributed by atoms with van der Waals surface area (Å²) < 4.78 is 13.0. The zero-order valence-electron chi connectivity index (χ0n) is 9.57. The van der Waals surface area contributed by atoms with Crippen molar-refractivity contribution in [2.45, 2.75) is 26.4 Å². The van der Waals surface area contributed by atoms with Crippen LogP contribution in [-0.4, -0.2) is 22.9 Å². The van der Waals surface area contributed by atoms with Crippen LogP contribution in [0, 0.1) is 11.7 Å². The van der Waals surface area contributed by atoms with Gasteiger partial charge in [0, 0.05) is 18.7 Å². The van der Waals surface area contributed by atoms with Crippen LogP contribution in [0.25, 0.3) is 0 Å². The largest absolute Gasteiger partial charge is 0.508 e. The number of phenolic OH excluding ortho intramolecular Hbond substituents is 1. The minimum Gasteiger partial charge on any atom is -0.508 e. The molecule has 1 rings (SSSR count). The topological polar surface area (TPSA) is 52.5 Å². The molecular formula is C12H18FNO2. The lowest BCUT2D eigenvalue weighted by molar-refractivity contribution is 0.210. The van der Waals surface area contributed by atoms with Gasteiger partial charge in [0.15, 0.2) is 0 Å². The molecule has 0 spiro atoms. The predicted molar refractivity (Wildman–Crippen MR) is 60.6 cm³/mol. The van der Waals surface area contributed by atoms with Crippen LogP contribution in [0.4, 0.5) is 4.39 Å². The van der Waals surface area contributed by atoms with E-state index in [2.05, 4.69) is 5.32 Å². The van der Waals surface area contributed by atoms with Gasteiger partial charge in [0.05, 0.1) is 6.61 Å². The smallest absolute Gasteiger partial charge is 0.127 e. The summed E-state index contributed by atoms with van der Waals surface area (Å²) in [6.07, 6.45) is 0. The Kier molecular flexibility index (Phi) is 4.71. The lowest BCUT2D eigenvalue weighted by Gasteiger charge is -2.19. The third-order valence-electron chi connectivity index (χ3n) is 2.51. The molecule has 0 aliphatic rings. The van der Waals surface area contributed by atoms with Gasteiger partial charge in [-0.15, -0.1) is 0 Å². The molecule has 1 aromatic rings. The Hall–Kier alpha value is -1.13. The highest BCUT2D eigenvalue weighted by atomic mass is 19.1. The summed E-state index contributed by atoms with van der Waals surface area (Å²) in [6, 6.07) is 3.91. The van der Waals surface area contributed by atoms with E-state index in [0.717, 1.165) is 6.07 Å². The molecule has 0 radical (unpaired) electrons. The quantitative estimate of drug-likeness (QED) is 0.716. The molecule has 1 atom stereocenters. The molecule has 0 fully saturated rings. The number of halogens is 1. The Morgan fingerprint density at radius 2 is 2.00 bits per heavy atom. The number of hydrogen-bond donors (Lipinski definition) is 3. The SMILES string of the molecule is CC(C)C(CO)NCc1cc(O)cc(F)c1. The zero-order valence-corrected chi connectivity index (χ0v) is 9.57. The fourth-order valence-corrected chi connectivity index (χ4v) is 1.50. The van der Waals surface area contributed by atoms with E-state index in [0.29, 0.717) is 18.0 Å². The van der Waals surface area contributed by atoms with E-state index < -0.39 is 5.82 Å². The molecule has 0 aromatic heterocycles. The van der Waals surface area contributed by atoms with E-state index in [9.17, 15) is 9.50 Å². The Balaban J connectivity index is 2.60. The van der Waals surface area contributed by atoms with Crippen molar-refractivity contribution in [1.82, 2.24) is 5.32 Å². The maximum absolute atomic E-state index is 13.0. The summed E-state index contributed by atoms with van der Waals surface area (Å²) in [5.74, 6) is -0.240. The fraction of sp³-hybridized carbons (Fsp3) is 0.500. The molecule has 90 valence electrons. The first-order valence-electron chi connectivity index (χ1n) is 5.35. The van der Waals surface area contributed by atoms with Crippen molar-refractivity contribution in [2.75, 3.05) is 6.61 Å². The van der Waals surface area contributed by atoms with Gasteiger partial charge in [0.25, 0.3) is 0 Å². The third-order valence-corrected chi connectivity index (χ3v) is 2.51. The van der Waals surface area contributed by atoms with E-state index in [1.807, 2.05) is 13.8 Å². The molecule has 1 aromatic carbocycles. The summed E-state index contributed by atoms with van der Waals surface area (Å²) in [6.45, 7) is 4.46. The average molecular weight is 227 g/mol. The molecule has 0 saturated heterocycles. The van der Waals surface area contributed by atoms with E-state index in [4.69, 9.17) is 5.11 Å². The van der Waals surface area contributed by atoms with Crippen LogP contribution in [0.5, 0.6) is 5.75 Å². The highest BCUT2D eigenvalue weighted by Crippen LogP contribution is 2.14. The Labute approximate surface area is 94.9 Å². The van der Waals surface area contributed by atoms with Crippen molar-refractivity contribution in [1.29, 1.82) is 0 Å². The van der Waals surface area contributed by atoms with Gasteiger partial charge in [0.1, 0.15) is 11.6 Å². The van der Waals surface area contributed by atoms with Crippen LogP contribution in [0.2, 0.25) is 0 Å². The third kappa shape index (κ3) is 3.79. The summed E-state index contributed by atoms with van der Waals surface area (Å²) in [5.41, 5.74) is 0.664. The number of hydrogen-bond acceptors (Lipinski definition) is 3. The second kappa shape index (κ2) is 5.82. The lowest BCUT2D eigenvalue weighted by atomic mass is 10.1. The van der Waals surface area contributed by atoms with E-state index >= 15 is 0 Å². The molecule has 3 N–H and O–H groups in total. The number of nitrogens with one attached hydrogen (secondary N) is 1. The second-order valence-electron chi connectivity index (χ2n) is 4.23. The van der Waals surface area contributed by atoms with Crippen LogP contribution < -0.4 is 5.32 Å². The standard InChI is InChI=1S/C12H18FNO2/c1-8(2)12(7-15)14-6-9-3-10(13)5-11(16)4-9/h3-5,8,12,14-16H,6-7H2,1-2H3. The van der Waals surface area contributed by atoms with Gasteiger partial charge in [-0.3, -0.25) is 0 Å². The highest BCUT2D eigenvalue weighted by molar-refractivity contribution is 5.28. The number of aromatic hydroxyl groups is 1. The van der Waals surface area contributed by atoms with Crippen LogP contribution >= 0.6 is 0 Å². The van der Waals surface area contributed by atoms with Crippen LogP contribution in [0.3, 0.4) is 0 Å². The van der Waals surface area contributed by atoms with Crippen LogP contribution in [-0.2, 0) is 6.54 Å². The predicted octanol–water partition coefficient (Wildman–Crippen LogP) is 1.64. The van der Waals surface area contributed by atoms with Gasteiger partial charge in [-0.05, 0) is 23.6 Å². The Bertz CT molecular complexity index is 322. The molecule has 1 unspecified atom stereocenters. The van der Waals surface area contributed by atoms with Crippen LogP contribution in [0.15, 0.2) is 18.2 Å². The summed E-state index contributed by atoms with van der Waals surface area (Å²) in [7, 11) is 0. The number of rotatable bonds is 5. The van der Waals surface area contributed by atoms with Crippen molar-refractivity contribution in [3.8, 4) is 5.75 Å². The first kappa shape index (κ1) is 12.9. The van der Waals surface area contributed by atoms with Crippen molar-refractivity contribution in [3.63, 3.8) is 0 Å². The van der Waals surface area contributed by atoms with Gasteiger partial charge in [0.2, 0.25) is 0 Å². The fourth-order valence-electron chi connectivity index (χ4n) is 1.50. The molecule has 0 heterocycles. The first-order chi connectivity index (χ1) is 7.52. The van der Waals surface area contributed by atoms with Crippen molar-refractivity contribution >= 4 is 0 Å². The molecule has 3 nitrogen and oxygen atoms in total. The van der Waals surface area contributed by atoms with Crippen molar-refractivity contribution < 1.29 is 14.6 Å². The Morgan fingerprint density at radius 3 is 2.50 bits per heavy atom. The number of phenols is 1. The van der Waals surface area contributed by atoms with Gasteiger partial charge >= 0.3 is 0 Å². The number of aliphatic hydroxyl groups excluding tert-OH is 1. The highest BCUT2D eigenvalue weighted by Gasteiger charge is 2.11. The summed E-state index contributed by atoms with van der Waals surface area (Å²) >= 11 is 0. The minimum atomic E-state index is -0.457. The van der Waals surface area contributed by atoms with Gasteiger partial charge < -0.3 is 15.5 Å². The number of aliphatic hydroxyl groups is 1. The van der Waals surface area contributed by atoms with E-state index in [1.54, 1.807) is 0 Å². The number of benzene rings is 1. The molecule has 4 heteroatoms. The van der Waals surface area contributed by atoms with Gasteiger partial charge in [-0.25, -0.2) is 4.39 Å². The normalized spacial score (nSPS) is 13.1. The van der Waals surface area contributed by atoms with Gasteiger partial charge in [-0.1, -0.05) is 13.8 Å². The minimum absolute atomic E-state index is 0.0228. The molecule has 16 heavy (non-hydrogen) atoms. The molecule has 0 amide bonds. The van der Waals surface area contributed by atoms with Gasteiger partial charge in [-0.2, -0.15) is 0 Å². The summed E-state index contributed by atoms with van der Waals surface area (Å²) in [5, 5.41) is 21.4. The second-order valence-corrected chi connectivity index (χ2v) is 4.23. The van der Waals surface area contributed by atoms with Crippen molar-refractivity contribution in [2.24, 2.45) is 5.92 Å². The van der Waals surface area contributed by atoms with E-state index in [1.165, 1.54) is 12.1 Å². The monoisotopic (exact) mass is 227 g/mol. The molecule has 0 saturated carbocycles. The van der Waals surface area contributed by atoms with E-state index in [-0.39, 0.29) is 18.4 Å². The lowest BCUT2D eigenvalue weighted by Crippen LogP contribution is -2.36. The first-order valence-corrected chi connectivity index (χ1v) is 5.35. The van der Waals surface area contributed by atoms with Crippen LogP contribution in [0.1, 0.15) is 19.4 Å². The summed E-state index contributed by atoms with van der Waals surface area (Å²) in [4.78, 5) is 0. The molecule has 0 bridgehead atoms. The maximum Gasteiger partial charge on any atom is 0.127 e. The zero-order chi connectivity index (χ0) is 12.1.